The van der Waals surface area contributed by atoms with Gasteiger partial charge in [0.05, 0.1) is 19.0 Å². The van der Waals surface area contributed by atoms with Gasteiger partial charge >= 0.3 is 61.8 Å². The first-order valence-corrected chi connectivity index (χ1v) is 8.09. The van der Waals surface area contributed by atoms with Crippen LogP contribution in [0.3, 0.4) is 0 Å². The molecule has 16 heteroatoms. The summed E-state index contributed by atoms with van der Waals surface area (Å²) in [5.74, 6) is -2.34. The molecule has 3 aliphatic rings. The summed E-state index contributed by atoms with van der Waals surface area (Å²) >= 11 is 0. The number of amidine groups is 1. The van der Waals surface area contributed by atoms with Crippen LogP contribution >= 0.6 is 0 Å². The minimum atomic E-state index is -5.08. The van der Waals surface area contributed by atoms with Crippen molar-refractivity contribution in [2.24, 2.45) is 15.0 Å². The summed E-state index contributed by atoms with van der Waals surface area (Å²) in [5.41, 5.74) is -2.49. The molecule has 0 aromatic heterocycles. The quantitative estimate of drug-likeness (QED) is 0.144. The van der Waals surface area contributed by atoms with E-state index in [2.05, 4.69) is 24.2 Å². The van der Waals surface area contributed by atoms with Crippen molar-refractivity contribution in [2.45, 2.75) is 30.6 Å². The number of fused-ring (bicyclic) bond motifs is 1. The second kappa shape index (κ2) is 7.93. The Kier molecular flexibility index (Phi) is 6.69. The summed E-state index contributed by atoms with van der Waals surface area (Å²) in [6.07, 6.45) is -1.87. The van der Waals surface area contributed by atoms with Gasteiger partial charge in [0.2, 0.25) is 5.96 Å². The third-order valence-corrected chi connectivity index (χ3v) is 3.80. The van der Waals surface area contributed by atoms with E-state index in [1.165, 1.54) is 0 Å². The fourth-order valence-corrected chi connectivity index (χ4v) is 2.64. The number of aliphatic hydroxyl groups excluding tert-OH is 2. The summed E-state index contributed by atoms with van der Waals surface area (Å²) < 4.78 is 39.3. The second-order valence-corrected chi connectivity index (χ2v) is 6.16. The minimum absolute atomic E-state index is 0. The van der Waals surface area contributed by atoms with Crippen molar-refractivity contribution < 1.29 is 93.6 Å². The van der Waals surface area contributed by atoms with Gasteiger partial charge in [-0.05, 0) is 0 Å². The molecule has 0 bridgehead atoms. The van der Waals surface area contributed by atoms with Crippen LogP contribution in [0.2, 0.25) is 0 Å². The van der Waals surface area contributed by atoms with Crippen LogP contribution in [0, 0.1) is 5.41 Å². The van der Waals surface area contributed by atoms with Crippen LogP contribution in [0.1, 0.15) is 6.42 Å². The van der Waals surface area contributed by atoms with Crippen LogP contribution < -0.4 is 56.5 Å². The zero-order valence-electron chi connectivity index (χ0n) is 13.2. The monoisotopic (exact) mass is 417 g/mol. The van der Waals surface area contributed by atoms with Crippen LogP contribution in [0.15, 0.2) is 15.0 Å². The number of rotatable bonds is 5. The second-order valence-electron chi connectivity index (χ2n) is 5.17. The number of hydrogen-bond acceptors (Lipinski definition) is 11. The Morgan fingerprint density at radius 3 is 2.77 bits per heavy atom. The van der Waals surface area contributed by atoms with Crippen LogP contribution in [0.5, 0.6) is 0 Å². The fourth-order valence-electron chi connectivity index (χ4n) is 2.46. The molecule has 0 spiro atoms. The van der Waals surface area contributed by atoms with E-state index < -0.39 is 58.9 Å². The molecule has 1 unspecified atom stereocenters. The van der Waals surface area contributed by atoms with Crippen molar-refractivity contribution in [1.82, 2.24) is 4.90 Å². The molecule has 26 heavy (non-hydrogen) atoms. The van der Waals surface area contributed by atoms with Crippen LogP contribution in [-0.2, 0) is 24.4 Å². The Morgan fingerprint density at radius 1 is 1.50 bits per heavy atom. The SMILES string of the molecule is N=C1N=C([O-])C2(OOS(=O)(=O)O)N=CN([C@H]3C[C@H](O)[C@@H](CO)O3)C2=N1.[K+]. The molecule has 4 atom stereocenters. The standard InChI is InChI=1S/C10H13N5O9S.K/c11-9-13-7-10(8(18)14-9,23-24-25(19,20)21)12-3-15(7)6-1-4(17)5(2-16)22-6;/h3-6,16-17H,1-2H2,(H2,11,14,18)(H,19,20,21);/q;+1/p-1/t4-,5+,6+,10?;/m0./s1. The molecule has 3 rings (SSSR count). The van der Waals surface area contributed by atoms with Gasteiger partial charge in [-0.3, -0.25) is 14.9 Å². The topological polar surface area (TPSA) is 210 Å². The molecule has 0 aromatic carbocycles. The number of hydrogen-bond donors (Lipinski definition) is 4. The molecule has 3 aliphatic heterocycles. The first-order valence-electron chi connectivity index (χ1n) is 6.73. The van der Waals surface area contributed by atoms with Gasteiger partial charge in [0.1, 0.15) is 12.3 Å². The molecular weight excluding hydrogens is 405 g/mol. The first-order chi connectivity index (χ1) is 11.7. The number of aliphatic imine (C=N–C) groups is 3. The molecule has 1 saturated heterocycles. The number of nitrogens with zero attached hydrogens (tertiary/aromatic N) is 4. The van der Waals surface area contributed by atoms with E-state index in [1.54, 1.807) is 0 Å². The van der Waals surface area contributed by atoms with E-state index in [0.29, 0.717) is 0 Å². The Morgan fingerprint density at radius 2 is 2.19 bits per heavy atom. The predicted octanol–water partition coefficient (Wildman–Crippen LogP) is -6.64. The van der Waals surface area contributed by atoms with Gasteiger partial charge in [-0.15, -0.1) is 0 Å². The molecular formula is C10H12KN5O9S. The maximum Gasteiger partial charge on any atom is 1.00 e. The van der Waals surface area contributed by atoms with Crippen molar-refractivity contribution in [3.05, 3.63) is 0 Å². The van der Waals surface area contributed by atoms with E-state index in [4.69, 9.17) is 19.8 Å². The first kappa shape index (κ1) is 21.9. The molecule has 0 saturated carbocycles. The molecule has 14 nitrogen and oxygen atoms in total. The van der Waals surface area contributed by atoms with E-state index in [9.17, 15) is 18.6 Å². The number of guanidine groups is 1. The van der Waals surface area contributed by atoms with Crippen molar-refractivity contribution in [1.29, 1.82) is 5.41 Å². The zero-order chi connectivity index (χ0) is 18.4. The summed E-state index contributed by atoms with van der Waals surface area (Å²) in [6.45, 7) is -0.466. The predicted molar refractivity (Wildman–Crippen MR) is 75.7 cm³/mol. The Balaban J connectivity index is 0.00000243. The molecule has 3 heterocycles. The van der Waals surface area contributed by atoms with E-state index >= 15 is 0 Å². The van der Waals surface area contributed by atoms with Gasteiger partial charge in [0, 0.05) is 12.3 Å². The Bertz CT molecular complexity index is 786. The van der Waals surface area contributed by atoms with Crippen molar-refractivity contribution >= 4 is 34.4 Å². The molecule has 1 fully saturated rings. The zero-order valence-corrected chi connectivity index (χ0v) is 17.2. The van der Waals surface area contributed by atoms with Crippen molar-refractivity contribution in [3.8, 4) is 0 Å². The van der Waals surface area contributed by atoms with Crippen LogP contribution in [0.4, 0.5) is 0 Å². The smallest absolute Gasteiger partial charge is 0.858 e. The minimum Gasteiger partial charge on any atom is -0.858 e. The average molecular weight is 417 g/mol. The summed E-state index contributed by atoms with van der Waals surface area (Å²) in [6, 6.07) is 0. The number of ether oxygens (including phenoxy) is 1. The van der Waals surface area contributed by atoms with Crippen LogP contribution in [0.25, 0.3) is 0 Å². The third-order valence-electron chi connectivity index (χ3n) is 3.56. The van der Waals surface area contributed by atoms with Crippen LogP contribution in [-0.4, -0.2) is 82.9 Å². The van der Waals surface area contributed by atoms with Gasteiger partial charge < -0.3 is 20.1 Å². The molecule has 4 N–H and O–H groups in total. The molecule has 0 aliphatic carbocycles. The summed E-state index contributed by atoms with van der Waals surface area (Å²) in [7, 11) is -5.08. The molecule has 138 valence electrons. The summed E-state index contributed by atoms with van der Waals surface area (Å²) in [5, 5.41) is 38.5. The number of aliphatic hydroxyl groups is 2. The van der Waals surface area contributed by atoms with E-state index in [1.807, 2.05) is 0 Å². The van der Waals surface area contributed by atoms with E-state index in [-0.39, 0.29) is 57.8 Å². The fraction of sp³-hybridized carbons (Fsp3) is 0.600. The van der Waals surface area contributed by atoms with Gasteiger partial charge in [0.15, 0.2) is 5.84 Å². The van der Waals surface area contributed by atoms with E-state index in [0.717, 1.165) is 11.2 Å². The maximum atomic E-state index is 12.1. The van der Waals surface area contributed by atoms with Gasteiger partial charge in [-0.25, -0.2) is 9.98 Å². The maximum absolute atomic E-state index is 12.1. The van der Waals surface area contributed by atoms with Crippen molar-refractivity contribution in [2.75, 3.05) is 6.61 Å². The molecule has 0 aromatic rings. The van der Waals surface area contributed by atoms with Gasteiger partial charge in [-0.1, -0.05) is 4.33 Å². The van der Waals surface area contributed by atoms with Gasteiger partial charge in [-0.2, -0.15) is 18.3 Å². The summed E-state index contributed by atoms with van der Waals surface area (Å²) in [4.78, 5) is 16.2. The normalized spacial score (nSPS) is 33.6. The Hall–Kier alpha value is -0.374. The molecule has 0 amide bonds. The third kappa shape index (κ3) is 4.05. The average Bonchev–Trinajstić information content (AvgIpc) is 3.06. The largest absolute Gasteiger partial charge is 1.00 e. The number of nitrogens with one attached hydrogen (secondary N) is 1. The van der Waals surface area contributed by atoms with Gasteiger partial charge in [0.25, 0.3) is 5.72 Å². The van der Waals surface area contributed by atoms with Crippen molar-refractivity contribution in [3.63, 3.8) is 0 Å². The Labute approximate surface area is 189 Å². The molecule has 0 radical (unpaired) electrons.